The summed E-state index contributed by atoms with van der Waals surface area (Å²) in [5.41, 5.74) is 0. The first-order chi connectivity index (χ1) is 10.1. The predicted molar refractivity (Wildman–Crippen MR) is 85.5 cm³/mol. The van der Waals surface area contributed by atoms with Crippen LogP contribution >= 0.6 is 23.8 Å². The number of aromatic nitrogens is 1. The molecule has 108 valence electrons. The lowest BCUT2D eigenvalue weighted by atomic mass is 10.3. The molecular formula is C14H12ClN3O2S. The van der Waals surface area contributed by atoms with E-state index in [1.54, 1.807) is 24.3 Å². The van der Waals surface area contributed by atoms with E-state index in [-0.39, 0.29) is 17.6 Å². The van der Waals surface area contributed by atoms with Crippen LogP contribution < -0.4 is 15.4 Å². The van der Waals surface area contributed by atoms with Gasteiger partial charge in [-0.2, -0.15) is 0 Å². The Kier molecular flexibility index (Phi) is 5.48. The highest BCUT2D eigenvalue weighted by atomic mass is 35.5. The molecule has 0 spiro atoms. The van der Waals surface area contributed by atoms with Crippen molar-refractivity contribution in [3.8, 4) is 5.75 Å². The average Bonchev–Trinajstić information content (AvgIpc) is 2.48. The molecule has 1 amide bonds. The molecule has 7 heteroatoms. The molecule has 2 N–H and O–H groups in total. The average molecular weight is 322 g/mol. The molecule has 0 aliphatic heterocycles. The Morgan fingerprint density at radius 3 is 2.67 bits per heavy atom. The Bertz CT molecular complexity index is 620. The summed E-state index contributed by atoms with van der Waals surface area (Å²) in [7, 11) is 0. The van der Waals surface area contributed by atoms with Crippen LogP contribution in [0.2, 0.25) is 5.02 Å². The smallest absolute Gasteiger partial charge is 0.264 e. The fourth-order valence-corrected chi connectivity index (χ4v) is 1.76. The van der Waals surface area contributed by atoms with E-state index in [0.717, 1.165) is 0 Å². The van der Waals surface area contributed by atoms with Gasteiger partial charge in [-0.1, -0.05) is 29.8 Å². The molecule has 0 radical (unpaired) electrons. The van der Waals surface area contributed by atoms with E-state index < -0.39 is 0 Å². The monoisotopic (exact) mass is 321 g/mol. The highest BCUT2D eigenvalue weighted by molar-refractivity contribution is 7.80. The summed E-state index contributed by atoms with van der Waals surface area (Å²) >= 11 is 10.7. The first-order valence-corrected chi connectivity index (χ1v) is 6.82. The minimum Gasteiger partial charge on any atom is -0.484 e. The van der Waals surface area contributed by atoms with Crippen LogP contribution in [0.15, 0.2) is 48.7 Å². The number of hydrogen-bond donors (Lipinski definition) is 2. The zero-order valence-electron chi connectivity index (χ0n) is 10.9. The highest BCUT2D eigenvalue weighted by Gasteiger charge is 2.06. The van der Waals surface area contributed by atoms with Crippen LogP contribution in [0.3, 0.4) is 0 Å². The van der Waals surface area contributed by atoms with Crippen LogP contribution in [0, 0.1) is 0 Å². The van der Waals surface area contributed by atoms with E-state index in [4.69, 9.17) is 28.6 Å². The van der Waals surface area contributed by atoms with Gasteiger partial charge in [-0.3, -0.25) is 10.1 Å². The lowest BCUT2D eigenvalue weighted by Gasteiger charge is -2.09. The molecule has 0 saturated carbocycles. The summed E-state index contributed by atoms with van der Waals surface area (Å²) in [6.07, 6.45) is 1.48. The van der Waals surface area contributed by atoms with E-state index in [1.165, 1.54) is 6.20 Å². The van der Waals surface area contributed by atoms with Gasteiger partial charge in [-0.25, -0.2) is 4.98 Å². The molecular weight excluding hydrogens is 310 g/mol. The van der Waals surface area contributed by atoms with E-state index in [1.807, 2.05) is 18.2 Å². The van der Waals surface area contributed by atoms with Gasteiger partial charge in [0.05, 0.1) is 5.02 Å². The lowest BCUT2D eigenvalue weighted by molar-refractivity contribution is -0.121. The van der Waals surface area contributed by atoms with Gasteiger partial charge in [0.25, 0.3) is 5.91 Å². The molecule has 0 bridgehead atoms. The van der Waals surface area contributed by atoms with Crippen LogP contribution in [-0.4, -0.2) is 22.6 Å². The normalized spacial score (nSPS) is 9.76. The number of ether oxygens (including phenoxy) is 1. The first kappa shape index (κ1) is 15.2. The third kappa shape index (κ3) is 5.37. The number of benzene rings is 1. The summed E-state index contributed by atoms with van der Waals surface area (Å²) in [6, 6.07) is 12.4. The van der Waals surface area contributed by atoms with Gasteiger partial charge in [-0.05, 0) is 36.5 Å². The Balaban J connectivity index is 1.77. The van der Waals surface area contributed by atoms with Crippen molar-refractivity contribution < 1.29 is 9.53 Å². The number of halogens is 1. The highest BCUT2D eigenvalue weighted by Crippen LogP contribution is 2.09. The molecule has 2 aromatic rings. The van der Waals surface area contributed by atoms with Crippen molar-refractivity contribution in [2.75, 3.05) is 11.9 Å². The maximum absolute atomic E-state index is 11.7. The number of hydrogen-bond acceptors (Lipinski definition) is 4. The van der Waals surface area contributed by atoms with Crippen molar-refractivity contribution in [1.29, 1.82) is 0 Å². The summed E-state index contributed by atoms with van der Waals surface area (Å²) in [5.74, 6) is 0.755. The number of thiocarbonyl (C=S) groups is 1. The van der Waals surface area contributed by atoms with Crippen molar-refractivity contribution >= 4 is 40.7 Å². The second-order valence-electron chi connectivity index (χ2n) is 3.97. The number of carbonyl (C=O) groups excluding carboxylic acids is 1. The minimum absolute atomic E-state index is 0.125. The van der Waals surface area contributed by atoms with Gasteiger partial charge in [0.2, 0.25) is 0 Å². The molecule has 1 heterocycles. The minimum atomic E-state index is -0.356. The van der Waals surface area contributed by atoms with Crippen LogP contribution in [0.1, 0.15) is 0 Å². The Morgan fingerprint density at radius 2 is 2.00 bits per heavy atom. The Hall–Kier alpha value is -2.18. The number of rotatable bonds is 4. The largest absolute Gasteiger partial charge is 0.484 e. The third-order valence-corrected chi connectivity index (χ3v) is 2.76. The van der Waals surface area contributed by atoms with Crippen LogP contribution in [-0.2, 0) is 4.79 Å². The van der Waals surface area contributed by atoms with E-state index in [0.29, 0.717) is 16.6 Å². The van der Waals surface area contributed by atoms with Crippen molar-refractivity contribution in [2.24, 2.45) is 0 Å². The number of pyridine rings is 1. The van der Waals surface area contributed by atoms with Crippen LogP contribution in [0.25, 0.3) is 0 Å². The summed E-state index contributed by atoms with van der Waals surface area (Å²) in [6.45, 7) is -0.125. The first-order valence-electron chi connectivity index (χ1n) is 6.04. The molecule has 0 aliphatic rings. The van der Waals surface area contributed by atoms with E-state index >= 15 is 0 Å². The summed E-state index contributed by atoms with van der Waals surface area (Å²) in [5, 5.41) is 5.93. The molecule has 1 aromatic heterocycles. The molecule has 0 atom stereocenters. The molecule has 0 aliphatic carbocycles. The number of nitrogens with one attached hydrogen (secondary N) is 2. The van der Waals surface area contributed by atoms with Crippen molar-refractivity contribution in [1.82, 2.24) is 10.3 Å². The quantitative estimate of drug-likeness (QED) is 0.848. The Morgan fingerprint density at radius 1 is 1.24 bits per heavy atom. The predicted octanol–water partition coefficient (Wildman–Crippen LogP) is 2.63. The molecule has 5 nitrogen and oxygen atoms in total. The SMILES string of the molecule is O=C(COc1ccccc1)NC(=S)Nc1ccc(Cl)cn1. The van der Waals surface area contributed by atoms with Crippen LogP contribution in [0.5, 0.6) is 5.75 Å². The van der Waals surface area contributed by atoms with Gasteiger partial charge in [0, 0.05) is 6.20 Å². The molecule has 21 heavy (non-hydrogen) atoms. The number of anilines is 1. The standard InChI is InChI=1S/C14H12ClN3O2S/c15-10-6-7-12(16-8-10)17-14(21)18-13(19)9-20-11-4-2-1-3-5-11/h1-8H,9H2,(H2,16,17,18,19,21). The maximum atomic E-state index is 11.7. The van der Waals surface area contributed by atoms with Crippen molar-refractivity contribution in [3.05, 3.63) is 53.7 Å². The molecule has 0 saturated heterocycles. The fraction of sp³-hybridized carbons (Fsp3) is 0.0714. The van der Waals surface area contributed by atoms with Crippen molar-refractivity contribution in [2.45, 2.75) is 0 Å². The van der Waals surface area contributed by atoms with Crippen molar-refractivity contribution in [3.63, 3.8) is 0 Å². The number of para-hydroxylation sites is 1. The van der Waals surface area contributed by atoms with Gasteiger partial charge in [0.15, 0.2) is 11.7 Å². The summed E-state index contributed by atoms with van der Waals surface area (Å²) in [4.78, 5) is 15.7. The van der Waals surface area contributed by atoms with Gasteiger partial charge >= 0.3 is 0 Å². The second kappa shape index (κ2) is 7.56. The van der Waals surface area contributed by atoms with Gasteiger partial charge < -0.3 is 10.1 Å². The number of amides is 1. The number of carbonyl (C=O) groups is 1. The van der Waals surface area contributed by atoms with Crippen LogP contribution in [0.4, 0.5) is 5.82 Å². The van der Waals surface area contributed by atoms with E-state index in [2.05, 4.69) is 15.6 Å². The molecule has 0 unspecified atom stereocenters. The number of nitrogens with zero attached hydrogens (tertiary/aromatic N) is 1. The molecule has 1 aromatic carbocycles. The van der Waals surface area contributed by atoms with Gasteiger partial charge in [-0.15, -0.1) is 0 Å². The third-order valence-electron chi connectivity index (χ3n) is 2.34. The van der Waals surface area contributed by atoms with Gasteiger partial charge in [0.1, 0.15) is 11.6 Å². The maximum Gasteiger partial charge on any atom is 0.264 e. The topological polar surface area (TPSA) is 63.2 Å². The fourth-order valence-electron chi connectivity index (χ4n) is 1.43. The zero-order chi connectivity index (χ0) is 15.1. The summed E-state index contributed by atoms with van der Waals surface area (Å²) < 4.78 is 5.30. The molecule has 0 fully saturated rings. The Labute approximate surface area is 132 Å². The zero-order valence-corrected chi connectivity index (χ0v) is 12.4. The molecule has 2 rings (SSSR count). The van der Waals surface area contributed by atoms with E-state index in [9.17, 15) is 4.79 Å². The second-order valence-corrected chi connectivity index (χ2v) is 4.81. The lowest BCUT2D eigenvalue weighted by Crippen LogP contribution is -2.37.